The lowest BCUT2D eigenvalue weighted by atomic mass is 10.0. The lowest BCUT2D eigenvalue weighted by Gasteiger charge is -2.09. The highest BCUT2D eigenvalue weighted by atomic mass is 14.7. The van der Waals surface area contributed by atoms with E-state index < -0.39 is 0 Å². The molecular formula is C16H13N2. The Labute approximate surface area is 106 Å². The first-order chi connectivity index (χ1) is 8.75. The van der Waals surface area contributed by atoms with E-state index in [-0.39, 0.29) is 0 Å². The van der Waals surface area contributed by atoms with Crippen molar-refractivity contribution in [3.63, 3.8) is 0 Å². The fourth-order valence-electron chi connectivity index (χ4n) is 2.30. The molecule has 0 aliphatic rings. The Morgan fingerprint density at radius 1 is 1.11 bits per heavy atom. The van der Waals surface area contributed by atoms with E-state index in [9.17, 15) is 0 Å². The van der Waals surface area contributed by atoms with Crippen LogP contribution in [0.15, 0.2) is 42.6 Å². The van der Waals surface area contributed by atoms with E-state index >= 15 is 0 Å². The van der Waals surface area contributed by atoms with Crippen LogP contribution in [0.1, 0.15) is 11.4 Å². The number of nitrogens with zero attached hydrogens (tertiary/aromatic N) is 2. The van der Waals surface area contributed by atoms with Gasteiger partial charge in [0.15, 0.2) is 0 Å². The van der Waals surface area contributed by atoms with Gasteiger partial charge in [0.05, 0.1) is 5.52 Å². The molecule has 2 aromatic heterocycles. The van der Waals surface area contributed by atoms with Gasteiger partial charge < -0.3 is 0 Å². The molecule has 18 heavy (non-hydrogen) atoms. The molecule has 87 valence electrons. The zero-order valence-corrected chi connectivity index (χ0v) is 10.4. The summed E-state index contributed by atoms with van der Waals surface area (Å²) in [5.41, 5.74) is 5.24. The maximum absolute atomic E-state index is 4.53. The minimum Gasteiger partial charge on any atom is -0.258 e. The lowest BCUT2D eigenvalue weighted by molar-refractivity contribution is 1.14. The summed E-state index contributed by atoms with van der Waals surface area (Å²) in [6.07, 6.45) is 1.84. The predicted molar refractivity (Wildman–Crippen MR) is 73.3 cm³/mol. The number of pyridine rings is 2. The maximum atomic E-state index is 4.53. The standard InChI is InChI=1S/C16H13N2/c1-11-10-15-16(12(2)18-11)14(8-9-17-15)13-6-4-3-5-7-13/h3-6,8-10H,1-2H3. The van der Waals surface area contributed by atoms with Gasteiger partial charge in [-0.05, 0) is 43.2 Å². The Bertz CT molecular complexity index is 703. The van der Waals surface area contributed by atoms with Crippen LogP contribution < -0.4 is 0 Å². The second-order valence-corrected chi connectivity index (χ2v) is 4.38. The number of hydrogen-bond acceptors (Lipinski definition) is 2. The van der Waals surface area contributed by atoms with Crippen LogP contribution in [0.3, 0.4) is 0 Å². The topological polar surface area (TPSA) is 25.8 Å². The average Bonchev–Trinajstić information content (AvgIpc) is 2.38. The van der Waals surface area contributed by atoms with Crippen LogP contribution in [0.25, 0.3) is 22.0 Å². The van der Waals surface area contributed by atoms with Crippen molar-refractivity contribution in [1.82, 2.24) is 9.97 Å². The number of fused-ring (bicyclic) bond motifs is 1. The minimum absolute atomic E-state index is 0.995. The normalized spacial score (nSPS) is 10.8. The summed E-state index contributed by atoms with van der Waals surface area (Å²) in [4.78, 5) is 8.97. The Kier molecular flexibility index (Phi) is 2.56. The number of aromatic nitrogens is 2. The molecule has 0 bridgehead atoms. The second-order valence-electron chi connectivity index (χ2n) is 4.38. The van der Waals surface area contributed by atoms with Crippen molar-refractivity contribution >= 4 is 10.9 Å². The van der Waals surface area contributed by atoms with Gasteiger partial charge in [0, 0.05) is 23.0 Å². The van der Waals surface area contributed by atoms with Crippen molar-refractivity contribution < 1.29 is 0 Å². The predicted octanol–water partition coefficient (Wildman–Crippen LogP) is 3.71. The summed E-state index contributed by atoms with van der Waals surface area (Å²) >= 11 is 0. The van der Waals surface area contributed by atoms with E-state index in [0.717, 1.165) is 33.4 Å². The molecule has 0 saturated heterocycles. The van der Waals surface area contributed by atoms with E-state index in [4.69, 9.17) is 0 Å². The van der Waals surface area contributed by atoms with Crippen molar-refractivity contribution in [2.45, 2.75) is 13.8 Å². The third kappa shape index (κ3) is 1.76. The summed E-state index contributed by atoms with van der Waals surface area (Å²) in [7, 11) is 0. The highest BCUT2D eigenvalue weighted by molar-refractivity contribution is 5.95. The Morgan fingerprint density at radius 2 is 2.00 bits per heavy atom. The smallest absolute Gasteiger partial charge is 0.0744 e. The zero-order valence-electron chi connectivity index (χ0n) is 10.4. The fourth-order valence-corrected chi connectivity index (χ4v) is 2.30. The van der Waals surface area contributed by atoms with Crippen LogP contribution in [0, 0.1) is 19.9 Å². The molecule has 0 unspecified atom stereocenters. The minimum atomic E-state index is 0.995. The number of benzene rings is 1. The van der Waals surface area contributed by atoms with Gasteiger partial charge in [0.25, 0.3) is 0 Å². The van der Waals surface area contributed by atoms with E-state index in [1.165, 1.54) is 0 Å². The second kappa shape index (κ2) is 4.22. The van der Waals surface area contributed by atoms with Crippen LogP contribution in [-0.4, -0.2) is 9.97 Å². The summed E-state index contributed by atoms with van der Waals surface area (Å²) in [5.74, 6) is 0. The van der Waals surface area contributed by atoms with Crippen molar-refractivity contribution in [3.05, 3.63) is 60.0 Å². The maximum Gasteiger partial charge on any atom is 0.0744 e. The first-order valence-corrected chi connectivity index (χ1v) is 5.96. The van der Waals surface area contributed by atoms with Crippen LogP contribution in [0.4, 0.5) is 0 Å². The molecular weight excluding hydrogens is 220 g/mol. The van der Waals surface area contributed by atoms with Crippen LogP contribution in [-0.2, 0) is 0 Å². The summed E-state index contributed by atoms with van der Waals surface area (Å²) < 4.78 is 0. The van der Waals surface area contributed by atoms with Gasteiger partial charge >= 0.3 is 0 Å². The van der Waals surface area contributed by atoms with Crippen molar-refractivity contribution in [2.75, 3.05) is 0 Å². The highest BCUT2D eigenvalue weighted by Crippen LogP contribution is 2.28. The molecule has 0 saturated carbocycles. The molecule has 0 spiro atoms. The van der Waals surface area contributed by atoms with Crippen LogP contribution in [0.2, 0.25) is 0 Å². The molecule has 3 aromatic rings. The van der Waals surface area contributed by atoms with Crippen molar-refractivity contribution in [1.29, 1.82) is 0 Å². The van der Waals surface area contributed by atoms with Crippen LogP contribution >= 0.6 is 0 Å². The van der Waals surface area contributed by atoms with Gasteiger partial charge in [-0.1, -0.05) is 24.3 Å². The molecule has 0 fully saturated rings. The quantitative estimate of drug-likeness (QED) is 0.640. The molecule has 0 amide bonds. The van der Waals surface area contributed by atoms with Crippen LogP contribution in [0.5, 0.6) is 0 Å². The van der Waals surface area contributed by atoms with Gasteiger partial charge in [-0.25, -0.2) is 0 Å². The van der Waals surface area contributed by atoms with E-state index in [1.807, 2.05) is 50.4 Å². The monoisotopic (exact) mass is 233 g/mol. The van der Waals surface area contributed by atoms with Gasteiger partial charge in [-0.2, -0.15) is 0 Å². The largest absolute Gasteiger partial charge is 0.258 e. The zero-order chi connectivity index (χ0) is 12.5. The summed E-state index contributed by atoms with van der Waals surface area (Å²) in [6.45, 7) is 4.03. The molecule has 0 atom stereocenters. The highest BCUT2D eigenvalue weighted by Gasteiger charge is 2.08. The van der Waals surface area contributed by atoms with Gasteiger partial charge in [-0.15, -0.1) is 0 Å². The van der Waals surface area contributed by atoms with Crippen molar-refractivity contribution in [2.24, 2.45) is 0 Å². The Morgan fingerprint density at radius 3 is 2.78 bits per heavy atom. The number of rotatable bonds is 1. The van der Waals surface area contributed by atoms with E-state index in [1.54, 1.807) is 0 Å². The molecule has 0 aliphatic heterocycles. The number of hydrogen-bond donors (Lipinski definition) is 0. The third-order valence-corrected chi connectivity index (χ3v) is 3.03. The third-order valence-electron chi connectivity index (χ3n) is 3.03. The van der Waals surface area contributed by atoms with Gasteiger partial charge in [0.2, 0.25) is 0 Å². The Hall–Kier alpha value is -2.22. The van der Waals surface area contributed by atoms with E-state index in [0.29, 0.717) is 0 Å². The SMILES string of the molecule is Cc1cc2nccc(-c3[c]cccc3)c2c(C)n1. The molecule has 3 rings (SSSR count). The molecule has 1 radical (unpaired) electrons. The van der Waals surface area contributed by atoms with Crippen molar-refractivity contribution in [3.8, 4) is 11.1 Å². The fraction of sp³-hybridized carbons (Fsp3) is 0.125. The summed E-state index contributed by atoms with van der Waals surface area (Å²) in [6, 6.07) is 15.3. The molecule has 0 N–H and O–H groups in total. The van der Waals surface area contributed by atoms with E-state index in [2.05, 4.69) is 22.1 Å². The molecule has 2 nitrogen and oxygen atoms in total. The first kappa shape index (κ1) is 10.9. The molecule has 2 heterocycles. The average molecular weight is 233 g/mol. The summed E-state index contributed by atoms with van der Waals surface area (Å²) in [5, 5.41) is 1.12. The lowest BCUT2D eigenvalue weighted by Crippen LogP contribution is -1.93. The Balaban J connectivity index is 2.37. The molecule has 1 aromatic carbocycles. The van der Waals surface area contributed by atoms with Gasteiger partial charge in [0.1, 0.15) is 0 Å². The van der Waals surface area contributed by atoms with Gasteiger partial charge in [-0.3, -0.25) is 9.97 Å². The molecule has 2 heteroatoms. The molecule has 0 aliphatic carbocycles. The first-order valence-electron chi connectivity index (χ1n) is 5.96. The number of aryl methyl sites for hydroxylation is 2.